The Morgan fingerprint density at radius 3 is 2.50 bits per heavy atom. The first kappa shape index (κ1) is 12.7. The number of carboxylic acids is 1. The van der Waals surface area contributed by atoms with Gasteiger partial charge >= 0.3 is 12.1 Å². The van der Waals surface area contributed by atoms with E-state index in [0.29, 0.717) is 6.54 Å². The van der Waals surface area contributed by atoms with Crippen molar-refractivity contribution in [2.45, 2.75) is 25.8 Å². The van der Waals surface area contributed by atoms with Gasteiger partial charge in [-0.2, -0.15) is 0 Å². The van der Waals surface area contributed by atoms with Gasteiger partial charge in [0, 0.05) is 6.42 Å². The number of nitrogens with one attached hydrogen (secondary N) is 1. The van der Waals surface area contributed by atoms with Crippen LogP contribution in [0.5, 0.6) is 0 Å². The maximum Gasteiger partial charge on any atom is 0.505 e. The highest BCUT2D eigenvalue weighted by Gasteiger charge is 2.16. The number of rotatable bonds is 7. The average molecular weight is 205 g/mol. The Hall–Kier alpha value is -1.30. The lowest BCUT2D eigenvalue weighted by Gasteiger charge is -2.12. The fraction of sp³-hybridized carbons (Fsp3) is 0.750. The molecule has 0 spiro atoms. The monoisotopic (exact) mass is 205 g/mol. The summed E-state index contributed by atoms with van der Waals surface area (Å²) in [6.07, 6.45) is -0.421. The fourth-order valence-electron chi connectivity index (χ4n) is 0.896. The van der Waals surface area contributed by atoms with Crippen LogP contribution >= 0.6 is 0 Å². The van der Waals surface area contributed by atoms with Crippen molar-refractivity contribution in [1.82, 2.24) is 5.32 Å². The van der Waals surface area contributed by atoms with Crippen LogP contribution in [0, 0.1) is 0 Å². The molecule has 0 amide bonds. The Balaban J connectivity index is 3.73. The largest absolute Gasteiger partial charge is 0.505 e. The lowest BCUT2D eigenvalue weighted by molar-refractivity contribution is -0.140. The standard InChI is InChI=1S/C8H15NO5/c1-2-4-9-6(7(10)11)3-5-14-8(12)13/h6,9H,2-5H2,1H3,(H,10,11)(H,12,13)/t6-/m0/s1. The molecule has 0 aliphatic carbocycles. The molecule has 1 atom stereocenters. The van der Waals surface area contributed by atoms with Gasteiger partial charge in [0.15, 0.2) is 0 Å². The minimum atomic E-state index is -1.38. The molecule has 0 aromatic carbocycles. The molecule has 0 aliphatic rings. The zero-order valence-electron chi connectivity index (χ0n) is 8.02. The Bertz CT molecular complexity index is 194. The van der Waals surface area contributed by atoms with Crippen LogP contribution in [0.1, 0.15) is 19.8 Å². The number of carbonyl (C=O) groups is 2. The summed E-state index contributed by atoms with van der Waals surface area (Å²) in [6, 6.07) is -0.741. The summed E-state index contributed by atoms with van der Waals surface area (Å²) in [5, 5.41) is 19.6. The van der Waals surface area contributed by atoms with Gasteiger partial charge in [0.25, 0.3) is 0 Å². The molecule has 3 N–H and O–H groups in total. The van der Waals surface area contributed by atoms with Gasteiger partial charge < -0.3 is 20.3 Å². The molecule has 82 valence electrons. The zero-order valence-corrected chi connectivity index (χ0v) is 8.02. The molecule has 0 rings (SSSR count). The molecule has 0 fully saturated rings. The SMILES string of the molecule is CCCN[C@@H](CCOC(=O)O)C(=O)O. The zero-order chi connectivity index (χ0) is 11.0. The van der Waals surface area contributed by atoms with Gasteiger partial charge in [0.1, 0.15) is 6.04 Å². The first-order valence-electron chi connectivity index (χ1n) is 4.39. The van der Waals surface area contributed by atoms with Crippen LogP contribution in [0.4, 0.5) is 4.79 Å². The molecule has 0 radical (unpaired) electrons. The molecular formula is C8H15NO5. The summed E-state index contributed by atoms with van der Waals surface area (Å²) < 4.78 is 4.22. The summed E-state index contributed by atoms with van der Waals surface area (Å²) >= 11 is 0. The second-order valence-electron chi connectivity index (χ2n) is 2.75. The number of hydrogen-bond acceptors (Lipinski definition) is 4. The van der Waals surface area contributed by atoms with E-state index < -0.39 is 18.2 Å². The van der Waals surface area contributed by atoms with Crippen LogP contribution in [-0.2, 0) is 9.53 Å². The highest BCUT2D eigenvalue weighted by Crippen LogP contribution is 1.94. The van der Waals surface area contributed by atoms with Gasteiger partial charge in [-0.1, -0.05) is 6.92 Å². The van der Waals surface area contributed by atoms with Crippen LogP contribution < -0.4 is 5.32 Å². The molecule has 6 heteroatoms. The predicted molar refractivity (Wildman–Crippen MR) is 48.3 cm³/mol. The average Bonchev–Trinajstić information content (AvgIpc) is 2.09. The number of ether oxygens (including phenoxy) is 1. The van der Waals surface area contributed by atoms with E-state index in [-0.39, 0.29) is 13.0 Å². The minimum absolute atomic E-state index is 0.108. The van der Waals surface area contributed by atoms with Gasteiger partial charge in [-0.05, 0) is 13.0 Å². The van der Waals surface area contributed by atoms with Crippen LogP contribution in [-0.4, -0.2) is 41.5 Å². The molecule has 6 nitrogen and oxygen atoms in total. The summed E-state index contributed by atoms with van der Waals surface area (Å²) in [6.45, 7) is 2.40. The van der Waals surface area contributed by atoms with E-state index in [1.165, 1.54) is 0 Å². The Morgan fingerprint density at radius 1 is 1.43 bits per heavy atom. The van der Waals surface area contributed by atoms with Gasteiger partial charge in [-0.3, -0.25) is 4.79 Å². The summed E-state index contributed by atoms with van der Waals surface area (Å²) in [5.41, 5.74) is 0. The first-order valence-corrected chi connectivity index (χ1v) is 4.39. The second-order valence-corrected chi connectivity index (χ2v) is 2.75. The summed E-state index contributed by atoms with van der Waals surface area (Å²) in [7, 11) is 0. The van der Waals surface area contributed by atoms with E-state index >= 15 is 0 Å². The van der Waals surface area contributed by atoms with Crippen molar-refractivity contribution < 1.29 is 24.5 Å². The van der Waals surface area contributed by atoms with Crippen molar-refractivity contribution in [3.05, 3.63) is 0 Å². The summed E-state index contributed by atoms with van der Waals surface area (Å²) in [4.78, 5) is 20.6. The fourth-order valence-corrected chi connectivity index (χ4v) is 0.896. The normalized spacial score (nSPS) is 12.1. The molecular weight excluding hydrogens is 190 g/mol. The third kappa shape index (κ3) is 6.24. The third-order valence-electron chi connectivity index (χ3n) is 1.57. The highest BCUT2D eigenvalue weighted by molar-refractivity contribution is 5.73. The van der Waals surface area contributed by atoms with Gasteiger partial charge in [0.05, 0.1) is 6.61 Å². The van der Waals surface area contributed by atoms with Gasteiger partial charge in [0.2, 0.25) is 0 Å². The molecule has 0 unspecified atom stereocenters. The smallest absolute Gasteiger partial charge is 0.480 e. The molecule has 0 aromatic heterocycles. The maximum atomic E-state index is 10.6. The predicted octanol–water partition coefficient (Wildman–Crippen LogP) is 0.524. The Labute approximate surface area is 81.9 Å². The van der Waals surface area contributed by atoms with E-state index in [0.717, 1.165) is 6.42 Å². The molecule has 0 heterocycles. The van der Waals surface area contributed by atoms with E-state index in [4.69, 9.17) is 10.2 Å². The molecule has 0 aromatic rings. The van der Waals surface area contributed by atoms with Crippen molar-refractivity contribution in [1.29, 1.82) is 0 Å². The lowest BCUT2D eigenvalue weighted by Crippen LogP contribution is -2.38. The highest BCUT2D eigenvalue weighted by atomic mass is 16.7. The van der Waals surface area contributed by atoms with Crippen molar-refractivity contribution in [3.63, 3.8) is 0 Å². The van der Waals surface area contributed by atoms with Crippen molar-refractivity contribution in [3.8, 4) is 0 Å². The summed E-state index contributed by atoms with van der Waals surface area (Å²) in [5.74, 6) is -0.993. The van der Waals surface area contributed by atoms with Crippen LogP contribution in [0.15, 0.2) is 0 Å². The number of carboxylic acid groups (broad SMARTS) is 2. The molecule has 0 bridgehead atoms. The van der Waals surface area contributed by atoms with Crippen molar-refractivity contribution in [2.24, 2.45) is 0 Å². The van der Waals surface area contributed by atoms with Crippen molar-refractivity contribution in [2.75, 3.05) is 13.2 Å². The Kier molecular flexibility index (Phi) is 6.47. The number of hydrogen-bond donors (Lipinski definition) is 3. The minimum Gasteiger partial charge on any atom is -0.480 e. The molecule has 0 aliphatic heterocycles. The second kappa shape index (κ2) is 7.14. The quantitative estimate of drug-likeness (QED) is 0.524. The first-order chi connectivity index (χ1) is 6.57. The number of aliphatic carboxylic acids is 1. The van der Waals surface area contributed by atoms with E-state index in [2.05, 4.69) is 10.1 Å². The topological polar surface area (TPSA) is 95.9 Å². The van der Waals surface area contributed by atoms with E-state index in [1.807, 2.05) is 6.92 Å². The van der Waals surface area contributed by atoms with Crippen LogP contribution in [0.3, 0.4) is 0 Å². The lowest BCUT2D eigenvalue weighted by atomic mass is 10.2. The van der Waals surface area contributed by atoms with Crippen LogP contribution in [0.2, 0.25) is 0 Å². The molecule has 0 saturated heterocycles. The molecule has 14 heavy (non-hydrogen) atoms. The van der Waals surface area contributed by atoms with Crippen LogP contribution in [0.25, 0.3) is 0 Å². The van der Waals surface area contributed by atoms with E-state index in [1.54, 1.807) is 0 Å². The Morgan fingerprint density at radius 2 is 2.07 bits per heavy atom. The third-order valence-corrected chi connectivity index (χ3v) is 1.57. The van der Waals surface area contributed by atoms with Gasteiger partial charge in [-0.25, -0.2) is 4.79 Å². The van der Waals surface area contributed by atoms with Crippen molar-refractivity contribution >= 4 is 12.1 Å². The van der Waals surface area contributed by atoms with E-state index in [9.17, 15) is 9.59 Å². The van der Waals surface area contributed by atoms with Gasteiger partial charge in [-0.15, -0.1) is 0 Å². The molecule has 0 saturated carbocycles. The maximum absolute atomic E-state index is 10.6.